The van der Waals surface area contributed by atoms with E-state index in [1.54, 1.807) is 16.9 Å². The van der Waals surface area contributed by atoms with E-state index in [4.69, 9.17) is 0 Å². The average Bonchev–Trinajstić information content (AvgIpc) is 2.75. The van der Waals surface area contributed by atoms with Crippen molar-refractivity contribution in [2.24, 2.45) is 0 Å². The van der Waals surface area contributed by atoms with Crippen LogP contribution in [0, 0.1) is 0 Å². The molecule has 60 valence electrons. The van der Waals surface area contributed by atoms with Crippen LogP contribution in [0.25, 0.3) is 5.00 Å². The van der Waals surface area contributed by atoms with Gasteiger partial charge in [-0.3, -0.25) is 4.79 Å². The van der Waals surface area contributed by atoms with Crippen molar-refractivity contribution >= 4 is 17.6 Å². The van der Waals surface area contributed by atoms with E-state index in [-0.39, 0.29) is 0 Å². The third-order valence-corrected chi connectivity index (χ3v) is 2.46. The van der Waals surface area contributed by atoms with Crippen LogP contribution in [0.2, 0.25) is 0 Å². The summed E-state index contributed by atoms with van der Waals surface area (Å²) in [5, 5.41) is 5.01. The van der Waals surface area contributed by atoms with Crippen LogP contribution in [0.1, 0.15) is 9.67 Å². The SMILES string of the molecule is O=Cc1ccc(-n2cccn2)s1. The quantitative estimate of drug-likeness (QED) is 0.656. The van der Waals surface area contributed by atoms with E-state index in [2.05, 4.69) is 5.10 Å². The number of carbonyl (C=O) groups is 1. The first-order valence-electron chi connectivity index (χ1n) is 3.45. The van der Waals surface area contributed by atoms with Crippen molar-refractivity contribution in [1.29, 1.82) is 0 Å². The van der Waals surface area contributed by atoms with Gasteiger partial charge in [0.25, 0.3) is 0 Å². The zero-order valence-corrected chi connectivity index (χ0v) is 6.99. The summed E-state index contributed by atoms with van der Waals surface area (Å²) in [6.07, 6.45) is 4.40. The molecule has 0 radical (unpaired) electrons. The van der Waals surface area contributed by atoms with Crippen molar-refractivity contribution in [2.75, 3.05) is 0 Å². The van der Waals surface area contributed by atoms with Gasteiger partial charge in [-0.05, 0) is 18.2 Å². The molecule has 0 amide bonds. The van der Waals surface area contributed by atoms with E-state index in [1.165, 1.54) is 11.3 Å². The van der Waals surface area contributed by atoms with Gasteiger partial charge in [-0.2, -0.15) is 5.10 Å². The molecule has 2 aromatic rings. The fourth-order valence-corrected chi connectivity index (χ4v) is 1.69. The number of nitrogens with zero attached hydrogens (tertiary/aromatic N) is 2. The molecule has 0 atom stereocenters. The maximum atomic E-state index is 10.4. The number of aromatic nitrogens is 2. The Bertz CT molecular complexity index is 377. The lowest BCUT2D eigenvalue weighted by atomic mass is 10.5. The maximum absolute atomic E-state index is 10.4. The summed E-state index contributed by atoms with van der Waals surface area (Å²) in [6, 6.07) is 5.51. The molecular formula is C8H6N2OS. The van der Waals surface area contributed by atoms with Crippen molar-refractivity contribution in [3.8, 4) is 5.00 Å². The third kappa shape index (κ3) is 1.16. The van der Waals surface area contributed by atoms with Gasteiger partial charge in [-0.15, -0.1) is 11.3 Å². The van der Waals surface area contributed by atoms with Crippen LogP contribution >= 0.6 is 11.3 Å². The number of hydrogen-bond acceptors (Lipinski definition) is 3. The zero-order valence-electron chi connectivity index (χ0n) is 6.18. The van der Waals surface area contributed by atoms with E-state index in [0.717, 1.165) is 16.2 Å². The largest absolute Gasteiger partial charge is 0.297 e. The van der Waals surface area contributed by atoms with E-state index in [9.17, 15) is 4.79 Å². The Hall–Kier alpha value is -1.42. The monoisotopic (exact) mass is 178 g/mol. The number of rotatable bonds is 2. The van der Waals surface area contributed by atoms with Gasteiger partial charge in [-0.1, -0.05) is 0 Å². The molecule has 2 aromatic heterocycles. The van der Waals surface area contributed by atoms with Crippen molar-refractivity contribution in [3.63, 3.8) is 0 Å². The first-order chi connectivity index (χ1) is 5.90. The fraction of sp³-hybridized carbons (Fsp3) is 0. The molecule has 0 aromatic carbocycles. The minimum absolute atomic E-state index is 0.723. The van der Waals surface area contributed by atoms with Gasteiger partial charge in [0, 0.05) is 12.4 Å². The lowest BCUT2D eigenvalue weighted by Gasteiger charge is -1.92. The predicted octanol–water partition coefficient (Wildman–Crippen LogP) is 1.75. The van der Waals surface area contributed by atoms with Gasteiger partial charge in [0.1, 0.15) is 5.00 Å². The highest BCUT2D eigenvalue weighted by molar-refractivity contribution is 7.16. The molecule has 0 spiro atoms. The van der Waals surface area contributed by atoms with Gasteiger partial charge in [-0.25, -0.2) is 4.68 Å². The molecule has 0 aliphatic carbocycles. The van der Waals surface area contributed by atoms with Crippen LogP contribution in [-0.2, 0) is 0 Å². The second kappa shape index (κ2) is 2.91. The van der Waals surface area contributed by atoms with Crippen LogP contribution in [0.4, 0.5) is 0 Å². The molecular weight excluding hydrogens is 172 g/mol. The molecule has 2 heterocycles. The molecule has 3 nitrogen and oxygen atoms in total. The zero-order chi connectivity index (χ0) is 8.39. The van der Waals surface area contributed by atoms with Crippen molar-refractivity contribution in [3.05, 3.63) is 35.5 Å². The predicted molar refractivity (Wildman–Crippen MR) is 46.8 cm³/mol. The van der Waals surface area contributed by atoms with Crippen LogP contribution in [0.3, 0.4) is 0 Å². The second-order valence-electron chi connectivity index (χ2n) is 2.24. The highest BCUT2D eigenvalue weighted by atomic mass is 32.1. The van der Waals surface area contributed by atoms with E-state index >= 15 is 0 Å². The number of hydrogen-bond donors (Lipinski definition) is 0. The summed E-state index contributed by atoms with van der Waals surface area (Å²) in [4.78, 5) is 11.1. The van der Waals surface area contributed by atoms with E-state index < -0.39 is 0 Å². The Labute approximate surface area is 73.3 Å². The molecule has 2 rings (SSSR count). The summed E-state index contributed by atoms with van der Waals surface area (Å²) in [7, 11) is 0. The average molecular weight is 178 g/mol. The minimum Gasteiger partial charge on any atom is -0.297 e. The van der Waals surface area contributed by atoms with Crippen LogP contribution in [0.15, 0.2) is 30.6 Å². The molecule has 0 bridgehead atoms. The first kappa shape index (κ1) is 7.24. The van der Waals surface area contributed by atoms with Gasteiger partial charge in [0.2, 0.25) is 0 Å². The molecule has 12 heavy (non-hydrogen) atoms. The van der Waals surface area contributed by atoms with Crippen molar-refractivity contribution < 1.29 is 4.79 Å². The first-order valence-corrected chi connectivity index (χ1v) is 4.27. The van der Waals surface area contributed by atoms with Gasteiger partial charge < -0.3 is 0 Å². The van der Waals surface area contributed by atoms with Crippen LogP contribution in [0.5, 0.6) is 0 Å². The Morgan fingerprint density at radius 3 is 3.00 bits per heavy atom. The van der Waals surface area contributed by atoms with Crippen LogP contribution in [-0.4, -0.2) is 16.1 Å². The van der Waals surface area contributed by atoms with Gasteiger partial charge in [0.15, 0.2) is 6.29 Å². The Balaban J connectivity index is 2.41. The normalized spacial score (nSPS) is 10.0. The van der Waals surface area contributed by atoms with E-state index in [0.29, 0.717) is 0 Å². The molecule has 0 aliphatic heterocycles. The fourth-order valence-electron chi connectivity index (χ4n) is 0.928. The van der Waals surface area contributed by atoms with Crippen LogP contribution < -0.4 is 0 Å². The standard InChI is InChI=1S/C8H6N2OS/c11-6-7-2-3-8(12-7)10-5-1-4-9-10/h1-6H. The Kier molecular flexibility index (Phi) is 1.75. The molecule has 0 fully saturated rings. The summed E-state index contributed by atoms with van der Waals surface area (Å²) in [5.74, 6) is 0. The summed E-state index contributed by atoms with van der Waals surface area (Å²) in [5.41, 5.74) is 0. The van der Waals surface area contributed by atoms with Crippen molar-refractivity contribution in [1.82, 2.24) is 9.78 Å². The molecule has 4 heteroatoms. The lowest BCUT2D eigenvalue weighted by molar-refractivity contribution is 0.112. The summed E-state index contributed by atoms with van der Waals surface area (Å²) < 4.78 is 1.73. The Morgan fingerprint density at radius 1 is 1.50 bits per heavy atom. The molecule has 0 N–H and O–H groups in total. The smallest absolute Gasteiger partial charge is 0.160 e. The Morgan fingerprint density at radius 2 is 2.42 bits per heavy atom. The topological polar surface area (TPSA) is 34.9 Å². The van der Waals surface area contributed by atoms with Crippen molar-refractivity contribution in [2.45, 2.75) is 0 Å². The lowest BCUT2D eigenvalue weighted by Crippen LogP contribution is -1.88. The third-order valence-electron chi connectivity index (χ3n) is 1.46. The summed E-state index contributed by atoms with van der Waals surface area (Å²) >= 11 is 1.42. The molecule has 0 saturated carbocycles. The molecule has 0 unspecified atom stereocenters. The molecule has 0 saturated heterocycles. The highest BCUT2D eigenvalue weighted by Crippen LogP contribution is 2.17. The second-order valence-corrected chi connectivity index (χ2v) is 3.34. The van der Waals surface area contributed by atoms with E-state index in [1.807, 2.05) is 18.3 Å². The van der Waals surface area contributed by atoms with Gasteiger partial charge >= 0.3 is 0 Å². The number of carbonyl (C=O) groups excluding carboxylic acids is 1. The number of thiophene rings is 1. The molecule has 0 aliphatic rings. The maximum Gasteiger partial charge on any atom is 0.160 e. The van der Waals surface area contributed by atoms with Gasteiger partial charge in [0.05, 0.1) is 4.88 Å². The number of aldehydes is 1. The summed E-state index contributed by atoms with van der Waals surface area (Å²) in [6.45, 7) is 0. The highest BCUT2D eigenvalue weighted by Gasteiger charge is 1.99. The minimum atomic E-state index is 0.723.